The summed E-state index contributed by atoms with van der Waals surface area (Å²) in [4.78, 5) is 4.59. The first kappa shape index (κ1) is 20.5. The van der Waals surface area contributed by atoms with Crippen molar-refractivity contribution in [3.05, 3.63) is 89.7 Å². The maximum absolute atomic E-state index is 10.4. The molecule has 162 valence electrons. The van der Waals surface area contributed by atoms with E-state index in [1.807, 2.05) is 68.7 Å². The number of benzene rings is 3. The molecular formula is C27H26N2O3. The van der Waals surface area contributed by atoms with Crippen LogP contribution in [-0.2, 0) is 10.3 Å². The van der Waals surface area contributed by atoms with Crippen molar-refractivity contribution in [3.63, 3.8) is 0 Å². The van der Waals surface area contributed by atoms with E-state index in [1.54, 1.807) is 0 Å². The third kappa shape index (κ3) is 4.05. The second kappa shape index (κ2) is 8.26. The Labute approximate surface area is 187 Å². The van der Waals surface area contributed by atoms with Crippen LogP contribution in [0.5, 0.6) is 5.75 Å². The van der Waals surface area contributed by atoms with Crippen LogP contribution in [0.2, 0.25) is 0 Å². The van der Waals surface area contributed by atoms with Crippen LogP contribution in [0.1, 0.15) is 30.5 Å². The van der Waals surface area contributed by atoms with Gasteiger partial charge in [0.25, 0.3) is 0 Å². The number of fused-ring (bicyclic) bond motifs is 1. The van der Waals surface area contributed by atoms with E-state index in [-0.39, 0.29) is 6.10 Å². The van der Waals surface area contributed by atoms with Crippen molar-refractivity contribution in [1.82, 2.24) is 9.55 Å². The number of ether oxygens (including phenoxy) is 2. The summed E-state index contributed by atoms with van der Waals surface area (Å²) >= 11 is 0. The van der Waals surface area contributed by atoms with Crippen LogP contribution in [0.25, 0.3) is 28.9 Å². The highest BCUT2D eigenvalue weighted by Gasteiger charge is 2.37. The predicted molar refractivity (Wildman–Crippen MR) is 127 cm³/mol. The third-order valence-electron chi connectivity index (χ3n) is 5.66. The molecule has 0 saturated carbocycles. The molecule has 5 heteroatoms. The Hall–Kier alpha value is -3.41. The standard InChI is InChI=1S/C27H26N2O3/c1-19(2)32-24-12-10-23(11-13-24)29-18-28-25-15-21(7-14-26(25)29)4-3-20-5-8-22(9-6-20)27(30)16-31-17-27/h3-15,18-19,30H,16-17H2,1-2H3. The lowest BCUT2D eigenvalue weighted by molar-refractivity contribution is -0.184. The van der Waals surface area contributed by atoms with Crippen molar-refractivity contribution in [2.45, 2.75) is 25.6 Å². The van der Waals surface area contributed by atoms with E-state index in [2.05, 4.69) is 39.9 Å². The molecule has 0 unspecified atom stereocenters. The Balaban J connectivity index is 1.33. The molecule has 4 aromatic rings. The highest BCUT2D eigenvalue weighted by Crippen LogP contribution is 2.29. The van der Waals surface area contributed by atoms with E-state index in [0.717, 1.165) is 39.2 Å². The van der Waals surface area contributed by atoms with E-state index in [9.17, 15) is 5.11 Å². The predicted octanol–water partition coefficient (Wildman–Crippen LogP) is 5.20. The Morgan fingerprint density at radius 2 is 1.66 bits per heavy atom. The molecular weight excluding hydrogens is 400 g/mol. The molecule has 1 aliphatic rings. The van der Waals surface area contributed by atoms with E-state index >= 15 is 0 Å². The fourth-order valence-corrected chi connectivity index (χ4v) is 3.86. The average Bonchev–Trinajstić information content (AvgIpc) is 3.20. The number of hydrogen-bond donors (Lipinski definition) is 1. The molecule has 0 aliphatic carbocycles. The van der Waals surface area contributed by atoms with Gasteiger partial charge >= 0.3 is 0 Å². The van der Waals surface area contributed by atoms with Crippen LogP contribution in [0.15, 0.2) is 73.1 Å². The molecule has 3 aromatic carbocycles. The molecule has 1 aromatic heterocycles. The Bertz CT molecular complexity index is 1250. The Kier molecular flexibility index (Phi) is 5.29. The third-order valence-corrected chi connectivity index (χ3v) is 5.66. The maximum Gasteiger partial charge on any atom is 0.136 e. The summed E-state index contributed by atoms with van der Waals surface area (Å²) in [6, 6.07) is 22.3. The van der Waals surface area contributed by atoms with Crippen molar-refractivity contribution >= 4 is 23.2 Å². The lowest BCUT2D eigenvalue weighted by Crippen LogP contribution is -2.46. The Morgan fingerprint density at radius 3 is 2.31 bits per heavy atom. The van der Waals surface area contributed by atoms with Gasteiger partial charge < -0.3 is 14.6 Å². The molecule has 0 bridgehead atoms. The van der Waals surface area contributed by atoms with Crippen molar-refractivity contribution in [2.75, 3.05) is 13.2 Å². The van der Waals surface area contributed by atoms with E-state index in [4.69, 9.17) is 9.47 Å². The van der Waals surface area contributed by atoms with Crippen molar-refractivity contribution in [1.29, 1.82) is 0 Å². The molecule has 0 atom stereocenters. The fraction of sp³-hybridized carbons (Fsp3) is 0.222. The summed E-state index contributed by atoms with van der Waals surface area (Å²) in [6.45, 7) is 4.77. The molecule has 0 radical (unpaired) electrons. The van der Waals surface area contributed by atoms with Gasteiger partial charge in [-0.1, -0.05) is 42.5 Å². The van der Waals surface area contributed by atoms with Gasteiger partial charge in [-0.3, -0.25) is 4.57 Å². The van der Waals surface area contributed by atoms with E-state index in [1.165, 1.54) is 0 Å². The average molecular weight is 427 g/mol. The summed E-state index contributed by atoms with van der Waals surface area (Å²) in [6.07, 6.45) is 6.15. The lowest BCUT2D eigenvalue weighted by Gasteiger charge is -2.36. The van der Waals surface area contributed by atoms with Crippen molar-refractivity contribution < 1.29 is 14.6 Å². The second-order valence-corrected chi connectivity index (χ2v) is 8.50. The first-order valence-electron chi connectivity index (χ1n) is 10.8. The SMILES string of the molecule is CC(C)Oc1ccc(-n2cnc3cc(C=Cc4ccc(C5(O)COC5)cc4)ccc32)cc1. The molecule has 5 rings (SSSR count). The molecule has 0 spiro atoms. The van der Waals surface area contributed by atoms with Gasteiger partial charge in [-0.2, -0.15) is 0 Å². The quantitative estimate of drug-likeness (QED) is 0.431. The van der Waals surface area contributed by atoms with Crippen LogP contribution in [0, 0.1) is 0 Å². The number of imidazole rings is 1. The van der Waals surface area contributed by atoms with Gasteiger partial charge in [-0.05, 0) is 66.9 Å². The smallest absolute Gasteiger partial charge is 0.136 e. The summed E-state index contributed by atoms with van der Waals surface area (Å²) in [7, 11) is 0. The zero-order valence-corrected chi connectivity index (χ0v) is 18.2. The molecule has 1 N–H and O–H groups in total. The monoisotopic (exact) mass is 426 g/mol. The first-order chi connectivity index (χ1) is 15.5. The summed E-state index contributed by atoms with van der Waals surface area (Å²) in [5.74, 6) is 0.865. The van der Waals surface area contributed by atoms with Crippen LogP contribution in [-0.4, -0.2) is 34.0 Å². The number of nitrogens with zero attached hydrogens (tertiary/aromatic N) is 2. The minimum atomic E-state index is -0.826. The van der Waals surface area contributed by atoms with Crippen LogP contribution >= 0.6 is 0 Å². The number of aromatic nitrogens is 2. The van der Waals surface area contributed by atoms with Crippen LogP contribution in [0.4, 0.5) is 0 Å². The second-order valence-electron chi connectivity index (χ2n) is 8.50. The lowest BCUT2D eigenvalue weighted by atomic mass is 9.91. The minimum absolute atomic E-state index is 0.156. The molecule has 0 amide bonds. The zero-order chi connectivity index (χ0) is 22.1. The molecule has 1 aliphatic heterocycles. The first-order valence-corrected chi connectivity index (χ1v) is 10.8. The van der Waals surface area contributed by atoms with Gasteiger partial charge in [0.15, 0.2) is 0 Å². The molecule has 1 fully saturated rings. The van der Waals surface area contributed by atoms with Crippen LogP contribution in [0.3, 0.4) is 0 Å². The summed E-state index contributed by atoms with van der Waals surface area (Å²) < 4.78 is 12.9. The highest BCUT2D eigenvalue weighted by molar-refractivity contribution is 5.82. The molecule has 1 saturated heterocycles. The largest absolute Gasteiger partial charge is 0.491 e. The van der Waals surface area contributed by atoms with Crippen molar-refractivity contribution in [2.24, 2.45) is 0 Å². The van der Waals surface area contributed by atoms with E-state index in [0.29, 0.717) is 13.2 Å². The van der Waals surface area contributed by atoms with Gasteiger partial charge in [-0.25, -0.2) is 4.98 Å². The summed E-state index contributed by atoms with van der Waals surface area (Å²) in [5, 5.41) is 10.4. The summed E-state index contributed by atoms with van der Waals surface area (Å²) in [5.41, 5.74) is 5.28. The number of hydrogen-bond acceptors (Lipinski definition) is 4. The molecule has 5 nitrogen and oxygen atoms in total. The van der Waals surface area contributed by atoms with Gasteiger partial charge in [-0.15, -0.1) is 0 Å². The maximum atomic E-state index is 10.4. The van der Waals surface area contributed by atoms with Gasteiger partial charge in [0.1, 0.15) is 17.7 Å². The molecule has 2 heterocycles. The van der Waals surface area contributed by atoms with Gasteiger partial charge in [0.2, 0.25) is 0 Å². The minimum Gasteiger partial charge on any atom is -0.491 e. The van der Waals surface area contributed by atoms with Crippen molar-refractivity contribution in [3.8, 4) is 11.4 Å². The van der Waals surface area contributed by atoms with Gasteiger partial charge in [0, 0.05) is 5.69 Å². The molecule has 32 heavy (non-hydrogen) atoms. The van der Waals surface area contributed by atoms with Crippen LogP contribution < -0.4 is 4.74 Å². The van der Waals surface area contributed by atoms with Gasteiger partial charge in [0.05, 0.1) is 30.4 Å². The topological polar surface area (TPSA) is 56.5 Å². The normalized spacial score (nSPS) is 15.4. The zero-order valence-electron chi connectivity index (χ0n) is 18.2. The van der Waals surface area contributed by atoms with E-state index < -0.39 is 5.60 Å². The number of aliphatic hydroxyl groups is 1. The Morgan fingerprint density at radius 1 is 0.969 bits per heavy atom. The fourth-order valence-electron chi connectivity index (χ4n) is 3.86. The number of rotatable bonds is 6. The highest BCUT2D eigenvalue weighted by atomic mass is 16.5.